The van der Waals surface area contributed by atoms with E-state index in [0.717, 1.165) is 22.0 Å². The molecule has 0 aliphatic heterocycles. The summed E-state index contributed by atoms with van der Waals surface area (Å²) in [5.74, 6) is -0.754. The van der Waals surface area contributed by atoms with Crippen molar-refractivity contribution in [2.24, 2.45) is 0 Å². The molecule has 1 amide bonds. The molecule has 0 fully saturated rings. The van der Waals surface area contributed by atoms with E-state index in [4.69, 9.17) is 11.6 Å². The van der Waals surface area contributed by atoms with Crippen LogP contribution in [0.15, 0.2) is 84.6 Å². The van der Waals surface area contributed by atoms with Crippen LogP contribution in [0.2, 0.25) is 5.02 Å². The zero-order chi connectivity index (χ0) is 21.8. The Morgan fingerprint density at radius 1 is 1.10 bits per heavy atom. The van der Waals surface area contributed by atoms with E-state index in [9.17, 15) is 14.4 Å². The molecule has 31 heavy (non-hydrogen) atoms. The number of rotatable bonds is 5. The standard InChI is InChI=1S/C25H17ClFN3O/c26-21-5-7-23(8-6-21)29-25(31)20(15-28)13-17-4-9-24-19(12-17)10-11-30(24)16-18-2-1-3-22(27)14-18/h1-14H,16H2,(H,29,31)/b20-13+. The minimum absolute atomic E-state index is 0.00602. The van der Waals surface area contributed by atoms with E-state index in [-0.39, 0.29) is 11.4 Å². The maximum atomic E-state index is 13.5. The lowest BCUT2D eigenvalue weighted by Gasteiger charge is -2.07. The number of fused-ring (bicyclic) bond motifs is 1. The summed E-state index contributed by atoms with van der Waals surface area (Å²) in [7, 11) is 0. The number of carbonyl (C=O) groups excluding carboxylic acids is 1. The number of amides is 1. The largest absolute Gasteiger partial charge is 0.343 e. The molecule has 0 aliphatic rings. The van der Waals surface area contributed by atoms with E-state index in [1.807, 2.05) is 47.2 Å². The molecule has 1 N–H and O–H groups in total. The van der Waals surface area contributed by atoms with Gasteiger partial charge in [0, 0.05) is 34.4 Å². The number of hydrogen-bond acceptors (Lipinski definition) is 2. The molecule has 0 bridgehead atoms. The van der Waals surface area contributed by atoms with Gasteiger partial charge in [-0.1, -0.05) is 29.8 Å². The Kier molecular flexibility index (Phi) is 5.83. The van der Waals surface area contributed by atoms with Crippen LogP contribution >= 0.6 is 11.6 Å². The van der Waals surface area contributed by atoms with Gasteiger partial charge in [-0.25, -0.2) is 4.39 Å². The maximum Gasteiger partial charge on any atom is 0.266 e. The molecule has 152 valence electrons. The fourth-order valence-electron chi connectivity index (χ4n) is 3.33. The molecule has 6 heteroatoms. The maximum absolute atomic E-state index is 13.5. The highest BCUT2D eigenvalue weighted by atomic mass is 35.5. The summed E-state index contributed by atoms with van der Waals surface area (Å²) in [4.78, 5) is 12.5. The third kappa shape index (κ3) is 4.82. The second kappa shape index (κ2) is 8.86. The molecule has 0 saturated heterocycles. The Bertz CT molecular complexity index is 1330. The minimum atomic E-state index is -0.492. The molecule has 1 aromatic heterocycles. The average molecular weight is 430 g/mol. The highest BCUT2D eigenvalue weighted by Crippen LogP contribution is 2.21. The van der Waals surface area contributed by atoms with Crippen molar-refractivity contribution in [3.63, 3.8) is 0 Å². The lowest BCUT2D eigenvalue weighted by atomic mass is 10.1. The van der Waals surface area contributed by atoms with Crippen LogP contribution in [0.25, 0.3) is 17.0 Å². The second-order valence-corrected chi connectivity index (χ2v) is 7.46. The average Bonchev–Trinajstić information content (AvgIpc) is 3.15. The van der Waals surface area contributed by atoms with Crippen molar-refractivity contribution in [1.29, 1.82) is 5.26 Å². The van der Waals surface area contributed by atoms with Crippen LogP contribution < -0.4 is 5.32 Å². The molecular weight excluding hydrogens is 413 g/mol. The number of anilines is 1. The van der Waals surface area contributed by atoms with E-state index < -0.39 is 5.91 Å². The normalized spacial score (nSPS) is 11.3. The molecule has 0 aliphatic carbocycles. The molecule has 1 heterocycles. The number of hydrogen-bond donors (Lipinski definition) is 1. The van der Waals surface area contributed by atoms with Crippen LogP contribution in [0.5, 0.6) is 0 Å². The summed E-state index contributed by atoms with van der Waals surface area (Å²) in [5.41, 5.74) is 3.13. The van der Waals surface area contributed by atoms with Gasteiger partial charge in [0.1, 0.15) is 17.5 Å². The minimum Gasteiger partial charge on any atom is -0.343 e. The molecule has 0 spiro atoms. The lowest BCUT2D eigenvalue weighted by Crippen LogP contribution is -2.13. The fraction of sp³-hybridized carbons (Fsp3) is 0.0400. The van der Waals surface area contributed by atoms with E-state index in [1.54, 1.807) is 36.4 Å². The monoisotopic (exact) mass is 429 g/mol. The quantitative estimate of drug-likeness (QED) is 0.311. The van der Waals surface area contributed by atoms with Gasteiger partial charge >= 0.3 is 0 Å². The van der Waals surface area contributed by atoms with Gasteiger partial charge in [-0.15, -0.1) is 0 Å². The van der Waals surface area contributed by atoms with Crippen molar-refractivity contribution in [2.75, 3.05) is 5.32 Å². The van der Waals surface area contributed by atoms with Gasteiger partial charge in [-0.3, -0.25) is 4.79 Å². The van der Waals surface area contributed by atoms with Gasteiger partial charge in [-0.2, -0.15) is 5.26 Å². The molecule has 0 radical (unpaired) electrons. The number of carbonyl (C=O) groups is 1. The molecule has 4 rings (SSSR count). The Morgan fingerprint density at radius 2 is 1.90 bits per heavy atom. The molecule has 0 atom stereocenters. The van der Waals surface area contributed by atoms with Crippen LogP contribution in [0.1, 0.15) is 11.1 Å². The van der Waals surface area contributed by atoms with Crippen molar-refractivity contribution in [3.8, 4) is 6.07 Å². The Labute approximate surface area is 183 Å². The number of nitrogens with zero attached hydrogens (tertiary/aromatic N) is 2. The van der Waals surface area contributed by atoms with Gasteiger partial charge in [0.2, 0.25) is 0 Å². The number of halogens is 2. The van der Waals surface area contributed by atoms with Crippen molar-refractivity contribution < 1.29 is 9.18 Å². The van der Waals surface area contributed by atoms with Crippen molar-refractivity contribution in [3.05, 3.63) is 107 Å². The summed E-state index contributed by atoms with van der Waals surface area (Å²) in [5, 5.41) is 13.7. The smallest absolute Gasteiger partial charge is 0.266 e. The van der Waals surface area contributed by atoms with Crippen molar-refractivity contribution in [1.82, 2.24) is 4.57 Å². The number of benzene rings is 3. The van der Waals surface area contributed by atoms with Gasteiger partial charge in [0.25, 0.3) is 5.91 Å². The first-order chi connectivity index (χ1) is 15.0. The van der Waals surface area contributed by atoms with Gasteiger partial charge in [-0.05, 0) is 71.8 Å². The predicted molar refractivity (Wildman–Crippen MR) is 121 cm³/mol. The Balaban J connectivity index is 1.56. The summed E-state index contributed by atoms with van der Waals surface area (Å²) in [6, 6.07) is 22.8. The topological polar surface area (TPSA) is 57.8 Å². The highest BCUT2D eigenvalue weighted by molar-refractivity contribution is 6.30. The molecular formula is C25H17ClFN3O. The number of nitriles is 1. The fourth-order valence-corrected chi connectivity index (χ4v) is 3.45. The van der Waals surface area contributed by atoms with E-state index >= 15 is 0 Å². The zero-order valence-corrected chi connectivity index (χ0v) is 17.1. The van der Waals surface area contributed by atoms with E-state index in [2.05, 4.69) is 5.32 Å². The second-order valence-electron chi connectivity index (χ2n) is 7.02. The molecule has 4 aromatic rings. The van der Waals surface area contributed by atoms with Crippen molar-refractivity contribution >= 4 is 40.2 Å². The van der Waals surface area contributed by atoms with E-state index in [1.165, 1.54) is 12.1 Å². The number of aromatic nitrogens is 1. The summed E-state index contributed by atoms with van der Waals surface area (Å²) >= 11 is 5.85. The molecule has 0 saturated carbocycles. The summed E-state index contributed by atoms with van der Waals surface area (Å²) < 4.78 is 15.5. The first-order valence-electron chi connectivity index (χ1n) is 9.54. The molecule has 3 aromatic carbocycles. The predicted octanol–water partition coefficient (Wildman–Crippen LogP) is 6.03. The van der Waals surface area contributed by atoms with Crippen LogP contribution in [0.3, 0.4) is 0 Å². The van der Waals surface area contributed by atoms with Crippen LogP contribution in [0, 0.1) is 17.1 Å². The van der Waals surface area contributed by atoms with Gasteiger partial charge in [0.05, 0.1) is 0 Å². The van der Waals surface area contributed by atoms with Crippen molar-refractivity contribution in [2.45, 2.75) is 6.54 Å². The number of nitrogens with one attached hydrogen (secondary N) is 1. The Hall–Kier alpha value is -3.88. The van der Waals surface area contributed by atoms with Crippen LogP contribution in [-0.4, -0.2) is 10.5 Å². The van der Waals surface area contributed by atoms with E-state index in [0.29, 0.717) is 17.3 Å². The summed E-state index contributed by atoms with van der Waals surface area (Å²) in [6.07, 6.45) is 3.48. The van der Waals surface area contributed by atoms with Crippen LogP contribution in [0.4, 0.5) is 10.1 Å². The third-order valence-electron chi connectivity index (χ3n) is 4.82. The van der Waals surface area contributed by atoms with Gasteiger partial charge in [0.15, 0.2) is 0 Å². The molecule has 0 unspecified atom stereocenters. The Morgan fingerprint density at radius 3 is 2.65 bits per heavy atom. The SMILES string of the molecule is N#C/C(=C\c1ccc2c(ccn2Cc2cccc(F)c2)c1)C(=O)Nc1ccc(Cl)cc1. The lowest BCUT2D eigenvalue weighted by molar-refractivity contribution is -0.112. The molecule has 4 nitrogen and oxygen atoms in total. The zero-order valence-electron chi connectivity index (χ0n) is 16.3. The van der Waals surface area contributed by atoms with Gasteiger partial charge < -0.3 is 9.88 Å². The van der Waals surface area contributed by atoms with Crippen LogP contribution in [-0.2, 0) is 11.3 Å². The first kappa shape index (κ1) is 20.4. The third-order valence-corrected chi connectivity index (χ3v) is 5.07. The highest BCUT2D eigenvalue weighted by Gasteiger charge is 2.10. The summed E-state index contributed by atoms with van der Waals surface area (Å²) in [6.45, 7) is 0.545. The first-order valence-corrected chi connectivity index (χ1v) is 9.92.